The number of nitrogens with two attached hydrogens (primary N) is 1. The Hall–Kier alpha value is -4.16. The van der Waals surface area contributed by atoms with E-state index in [1.54, 1.807) is 24.3 Å². The van der Waals surface area contributed by atoms with Crippen molar-refractivity contribution in [3.05, 3.63) is 72.0 Å². The molecule has 0 fully saturated rings. The molecule has 0 saturated heterocycles. The van der Waals surface area contributed by atoms with E-state index in [-0.39, 0.29) is 5.91 Å². The molecule has 11 nitrogen and oxygen atoms in total. The van der Waals surface area contributed by atoms with Crippen molar-refractivity contribution in [2.45, 2.75) is 5.09 Å². The van der Waals surface area contributed by atoms with E-state index in [0.717, 1.165) is 12.1 Å². The Bertz CT molecular complexity index is 1280. The van der Waals surface area contributed by atoms with E-state index in [9.17, 15) is 22.8 Å². The topological polar surface area (TPSA) is 167 Å². The fourth-order valence-corrected chi connectivity index (χ4v) is 3.09. The Morgan fingerprint density at radius 2 is 1.67 bits per heavy atom. The second-order valence-corrected chi connectivity index (χ2v) is 8.01. The highest BCUT2D eigenvalue weighted by molar-refractivity contribution is 7.89. The van der Waals surface area contributed by atoms with Crippen LogP contribution >= 0.6 is 0 Å². The van der Waals surface area contributed by atoms with Gasteiger partial charge in [0.2, 0.25) is 10.9 Å². The summed E-state index contributed by atoms with van der Waals surface area (Å²) in [4.78, 5) is 36.3. The van der Waals surface area contributed by atoms with Crippen molar-refractivity contribution in [1.82, 2.24) is 0 Å². The van der Waals surface area contributed by atoms with Crippen molar-refractivity contribution >= 4 is 39.2 Å². The third-order valence-electron chi connectivity index (χ3n) is 4.18. The fourth-order valence-electron chi connectivity index (χ4n) is 2.63. The van der Waals surface area contributed by atoms with Crippen molar-refractivity contribution < 1.29 is 36.7 Å². The SMILES string of the molecule is COc1ccccc1NC(=O)c1ccc(NC(=O)COC(=O)c2ccc(S(N)(=O)=O)o2)cc1. The molecule has 0 aliphatic heterocycles. The first-order valence-electron chi connectivity index (χ1n) is 9.31. The number of carbonyl (C=O) groups is 3. The van der Waals surface area contributed by atoms with E-state index < -0.39 is 39.4 Å². The van der Waals surface area contributed by atoms with Crippen LogP contribution in [0.25, 0.3) is 0 Å². The fraction of sp³-hybridized carbons (Fsp3) is 0.0952. The van der Waals surface area contributed by atoms with E-state index in [1.807, 2.05) is 0 Å². The van der Waals surface area contributed by atoms with Crippen LogP contribution in [-0.2, 0) is 19.6 Å². The van der Waals surface area contributed by atoms with E-state index in [4.69, 9.17) is 19.0 Å². The Labute approximate surface area is 188 Å². The van der Waals surface area contributed by atoms with Gasteiger partial charge < -0.3 is 24.5 Å². The van der Waals surface area contributed by atoms with Gasteiger partial charge in [-0.2, -0.15) is 0 Å². The summed E-state index contributed by atoms with van der Waals surface area (Å²) < 4.78 is 37.1. The van der Waals surface area contributed by atoms with Crippen molar-refractivity contribution in [2.75, 3.05) is 24.4 Å². The molecule has 3 rings (SSSR count). The second-order valence-electron chi connectivity index (χ2n) is 6.52. The van der Waals surface area contributed by atoms with Crippen LogP contribution < -0.4 is 20.5 Å². The molecule has 3 aromatic rings. The van der Waals surface area contributed by atoms with Gasteiger partial charge in [-0.05, 0) is 48.5 Å². The van der Waals surface area contributed by atoms with Crippen LogP contribution in [0.4, 0.5) is 11.4 Å². The first-order chi connectivity index (χ1) is 15.7. The molecule has 12 heteroatoms. The number of furan rings is 1. The van der Waals surface area contributed by atoms with Crippen LogP contribution in [-0.4, -0.2) is 39.9 Å². The number of hydrogen-bond donors (Lipinski definition) is 3. The molecule has 0 aliphatic carbocycles. The van der Waals surface area contributed by atoms with E-state index >= 15 is 0 Å². The predicted molar refractivity (Wildman–Crippen MR) is 116 cm³/mol. The lowest BCUT2D eigenvalue weighted by Crippen LogP contribution is -2.21. The van der Waals surface area contributed by atoms with Gasteiger partial charge in [0, 0.05) is 11.3 Å². The van der Waals surface area contributed by atoms with Crippen LogP contribution in [0.1, 0.15) is 20.9 Å². The number of rotatable bonds is 8. The number of hydrogen-bond acceptors (Lipinski definition) is 8. The summed E-state index contributed by atoms with van der Waals surface area (Å²) in [6, 6.07) is 15.0. The zero-order chi connectivity index (χ0) is 24.0. The van der Waals surface area contributed by atoms with Gasteiger partial charge in [0.15, 0.2) is 6.61 Å². The molecule has 0 bridgehead atoms. The van der Waals surface area contributed by atoms with E-state index in [2.05, 4.69) is 10.6 Å². The van der Waals surface area contributed by atoms with Gasteiger partial charge in [-0.15, -0.1) is 0 Å². The summed E-state index contributed by atoms with van der Waals surface area (Å²) in [6.07, 6.45) is 0. The third kappa shape index (κ3) is 6.18. The molecule has 0 spiro atoms. The molecule has 0 saturated carbocycles. The number of para-hydroxylation sites is 2. The van der Waals surface area contributed by atoms with Gasteiger partial charge in [-0.1, -0.05) is 12.1 Å². The predicted octanol–water partition coefficient (Wildman–Crippen LogP) is 1.98. The Kier molecular flexibility index (Phi) is 7.10. The van der Waals surface area contributed by atoms with E-state index in [0.29, 0.717) is 22.7 Å². The highest BCUT2D eigenvalue weighted by Gasteiger charge is 2.19. The van der Waals surface area contributed by atoms with Crippen LogP contribution in [0.3, 0.4) is 0 Å². The number of esters is 1. The van der Waals surface area contributed by atoms with Crippen molar-refractivity contribution in [2.24, 2.45) is 5.14 Å². The summed E-state index contributed by atoms with van der Waals surface area (Å²) in [5.41, 5.74) is 1.21. The molecule has 172 valence electrons. The molecule has 2 amide bonds. The van der Waals surface area contributed by atoms with Gasteiger partial charge in [-0.3, -0.25) is 9.59 Å². The number of sulfonamides is 1. The zero-order valence-electron chi connectivity index (χ0n) is 17.2. The summed E-state index contributed by atoms with van der Waals surface area (Å²) in [6.45, 7) is -0.652. The number of amides is 2. The average molecular weight is 473 g/mol. The molecular formula is C21H19N3O8S. The molecule has 0 aliphatic rings. The minimum Gasteiger partial charge on any atom is -0.495 e. The normalized spacial score (nSPS) is 10.8. The number of benzene rings is 2. The maximum absolute atomic E-state index is 12.4. The maximum Gasteiger partial charge on any atom is 0.374 e. The molecule has 1 heterocycles. The monoisotopic (exact) mass is 473 g/mol. The Morgan fingerprint density at radius 1 is 0.970 bits per heavy atom. The highest BCUT2D eigenvalue weighted by Crippen LogP contribution is 2.24. The molecular weight excluding hydrogens is 454 g/mol. The summed E-state index contributed by atoms with van der Waals surface area (Å²) in [7, 11) is -2.61. The van der Waals surface area contributed by atoms with Gasteiger partial charge in [0.1, 0.15) is 5.75 Å². The number of nitrogens with one attached hydrogen (secondary N) is 2. The molecule has 33 heavy (non-hydrogen) atoms. The quantitative estimate of drug-likeness (QED) is 0.418. The lowest BCUT2D eigenvalue weighted by atomic mass is 10.2. The minimum atomic E-state index is -4.11. The van der Waals surface area contributed by atoms with Crippen LogP contribution in [0, 0.1) is 0 Å². The molecule has 4 N–H and O–H groups in total. The average Bonchev–Trinajstić information content (AvgIpc) is 3.29. The summed E-state index contributed by atoms with van der Waals surface area (Å²) in [5.74, 6) is -1.98. The first-order valence-corrected chi connectivity index (χ1v) is 10.9. The molecule has 0 atom stereocenters. The van der Waals surface area contributed by atoms with Crippen LogP contribution in [0.5, 0.6) is 5.75 Å². The zero-order valence-corrected chi connectivity index (χ0v) is 18.0. The van der Waals surface area contributed by atoms with Crippen molar-refractivity contribution in [3.63, 3.8) is 0 Å². The number of methoxy groups -OCH3 is 1. The largest absolute Gasteiger partial charge is 0.495 e. The smallest absolute Gasteiger partial charge is 0.374 e. The number of anilines is 2. The lowest BCUT2D eigenvalue weighted by Gasteiger charge is -2.10. The Balaban J connectivity index is 1.53. The van der Waals surface area contributed by atoms with Gasteiger partial charge >= 0.3 is 5.97 Å². The molecule has 1 aromatic heterocycles. The van der Waals surface area contributed by atoms with Crippen molar-refractivity contribution in [1.29, 1.82) is 0 Å². The minimum absolute atomic E-state index is 0.341. The summed E-state index contributed by atoms with van der Waals surface area (Å²) >= 11 is 0. The highest BCUT2D eigenvalue weighted by atomic mass is 32.2. The van der Waals surface area contributed by atoms with Gasteiger partial charge in [-0.25, -0.2) is 18.4 Å². The van der Waals surface area contributed by atoms with Gasteiger partial charge in [0.25, 0.3) is 21.8 Å². The molecule has 2 aromatic carbocycles. The van der Waals surface area contributed by atoms with Crippen molar-refractivity contribution in [3.8, 4) is 5.75 Å². The molecule has 0 radical (unpaired) electrons. The third-order valence-corrected chi connectivity index (χ3v) is 4.96. The first kappa shape index (κ1) is 23.5. The molecule has 0 unspecified atom stereocenters. The maximum atomic E-state index is 12.4. The van der Waals surface area contributed by atoms with Crippen LogP contribution in [0.15, 0.2) is 70.2 Å². The van der Waals surface area contributed by atoms with Gasteiger partial charge in [0.05, 0.1) is 12.8 Å². The number of carbonyl (C=O) groups excluding carboxylic acids is 3. The van der Waals surface area contributed by atoms with E-state index in [1.165, 1.54) is 31.4 Å². The Morgan fingerprint density at radius 3 is 2.30 bits per heavy atom. The van der Waals surface area contributed by atoms with Crippen LogP contribution in [0.2, 0.25) is 0 Å². The standard InChI is InChI=1S/C21H19N3O8S/c1-30-16-5-3-2-4-15(16)24-20(26)13-6-8-14(9-7-13)23-18(25)12-31-21(27)17-10-11-19(32-17)33(22,28)29/h2-11H,12H2,1H3,(H,23,25)(H,24,26)(H2,22,28,29). The number of primary sulfonamides is 1. The lowest BCUT2D eigenvalue weighted by molar-refractivity contribution is -0.119. The number of ether oxygens (including phenoxy) is 2. The summed E-state index contributed by atoms with van der Waals surface area (Å²) in [5, 5.41) is 9.52. The second kappa shape index (κ2) is 9.97.